The van der Waals surface area contributed by atoms with E-state index in [0.717, 1.165) is 19.6 Å². The lowest BCUT2D eigenvalue weighted by Crippen LogP contribution is -2.23. The molecular formula is C13H22N2S. The Balaban J connectivity index is 2.68. The summed E-state index contributed by atoms with van der Waals surface area (Å²) in [4.78, 5) is 2.34. The lowest BCUT2D eigenvalue weighted by atomic mass is 10.1. The standard InChI is InChI=1S/C13H22N2S/c1-4-14-11-12-7-5-6-8-13(12)15(2)9-10-16-3/h5-8,14H,4,9-11H2,1-3H3. The van der Waals surface area contributed by atoms with Crippen LogP contribution < -0.4 is 10.2 Å². The van der Waals surface area contributed by atoms with E-state index in [2.05, 4.69) is 54.7 Å². The second kappa shape index (κ2) is 7.58. The molecule has 0 aromatic heterocycles. The molecule has 0 amide bonds. The zero-order chi connectivity index (χ0) is 11.8. The number of para-hydroxylation sites is 1. The van der Waals surface area contributed by atoms with Crippen LogP contribution in [-0.4, -0.2) is 32.1 Å². The molecule has 0 radical (unpaired) electrons. The minimum absolute atomic E-state index is 0.955. The van der Waals surface area contributed by atoms with Gasteiger partial charge in [-0.1, -0.05) is 25.1 Å². The first kappa shape index (κ1) is 13.4. The summed E-state index contributed by atoms with van der Waals surface area (Å²) < 4.78 is 0. The first-order chi connectivity index (χ1) is 7.79. The number of hydrogen-bond donors (Lipinski definition) is 1. The molecule has 16 heavy (non-hydrogen) atoms. The molecule has 1 aromatic carbocycles. The Hall–Kier alpha value is -0.670. The summed E-state index contributed by atoms with van der Waals surface area (Å²) in [5, 5.41) is 3.38. The highest BCUT2D eigenvalue weighted by Crippen LogP contribution is 2.19. The second-order valence-electron chi connectivity index (χ2n) is 3.82. The van der Waals surface area contributed by atoms with Gasteiger partial charge in [0.15, 0.2) is 0 Å². The van der Waals surface area contributed by atoms with Gasteiger partial charge in [0, 0.05) is 31.6 Å². The van der Waals surface area contributed by atoms with Crippen LogP contribution in [0, 0.1) is 0 Å². The minimum Gasteiger partial charge on any atom is -0.374 e. The quantitative estimate of drug-likeness (QED) is 0.786. The SMILES string of the molecule is CCNCc1ccccc1N(C)CCSC. The molecule has 0 saturated heterocycles. The van der Waals surface area contributed by atoms with Crippen molar-refractivity contribution in [2.75, 3.05) is 37.0 Å². The van der Waals surface area contributed by atoms with Gasteiger partial charge in [-0.2, -0.15) is 11.8 Å². The van der Waals surface area contributed by atoms with Gasteiger partial charge >= 0.3 is 0 Å². The van der Waals surface area contributed by atoms with Crippen molar-refractivity contribution >= 4 is 17.4 Å². The van der Waals surface area contributed by atoms with E-state index in [4.69, 9.17) is 0 Å². The topological polar surface area (TPSA) is 15.3 Å². The number of anilines is 1. The van der Waals surface area contributed by atoms with E-state index < -0.39 is 0 Å². The van der Waals surface area contributed by atoms with E-state index in [0.29, 0.717) is 0 Å². The summed E-state index contributed by atoms with van der Waals surface area (Å²) in [5.41, 5.74) is 2.73. The first-order valence-electron chi connectivity index (χ1n) is 5.78. The van der Waals surface area contributed by atoms with Crippen molar-refractivity contribution in [3.63, 3.8) is 0 Å². The van der Waals surface area contributed by atoms with Gasteiger partial charge in [0.2, 0.25) is 0 Å². The van der Waals surface area contributed by atoms with Crippen LogP contribution >= 0.6 is 11.8 Å². The normalized spacial score (nSPS) is 10.4. The summed E-state index contributed by atoms with van der Waals surface area (Å²) in [6.45, 7) is 5.21. The highest BCUT2D eigenvalue weighted by molar-refractivity contribution is 7.98. The smallest absolute Gasteiger partial charge is 0.0409 e. The maximum absolute atomic E-state index is 3.38. The van der Waals surface area contributed by atoms with Crippen molar-refractivity contribution in [2.45, 2.75) is 13.5 Å². The Bertz CT molecular complexity index is 302. The lowest BCUT2D eigenvalue weighted by molar-refractivity contribution is 0.724. The monoisotopic (exact) mass is 238 g/mol. The molecule has 1 N–H and O–H groups in total. The molecule has 3 heteroatoms. The fraction of sp³-hybridized carbons (Fsp3) is 0.538. The maximum Gasteiger partial charge on any atom is 0.0409 e. The predicted octanol–water partition coefficient (Wildman–Crippen LogP) is 2.60. The molecule has 0 bridgehead atoms. The van der Waals surface area contributed by atoms with Gasteiger partial charge in [0.05, 0.1) is 0 Å². The van der Waals surface area contributed by atoms with Crippen molar-refractivity contribution in [3.8, 4) is 0 Å². The average molecular weight is 238 g/mol. The van der Waals surface area contributed by atoms with Crippen LogP contribution in [0.25, 0.3) is 0 Å². The maximum atomic E-state index is 3.38. The summed E-state index contributed by atoms with van der Waals surface area (Å²) in [5.74, 6) is 1.17. The van der Waals surface area contributed by atoms with Gasteiger partial charge in [-0.25, -0.2) is 0 Å². The minimum atomic E-state index is 0.955. The predicted molar refractivity (Wildman–Crippen MR) is 75.5 cm³/mol. The van der Waals surface area contributed by atoms with Gasteiger partial charge in [0.1, 0.15) is 0 Å². The zero-order valence-electron chi connectivity index (χ0n) is 10.5. The lowest BCUT2D eigenvalue weighted by Gasteiger charge is -2.22. The molecule has 0 aliphatic carbocycles. The van der Waals surface area contributed by atoms with Gasteiger partial charge < -0.3 is 10.2 Å². The van der Waals surface area contributed by atoms with Crippen LogP contribution in [0.5, 0.6) is 0 Å². The number of hydrogen-bond acceptors (Lipinski definition) is 3. The molecule has 0 heterocycles. The van der Waals surface area contributed by atoms with E-state index in [1.165, 1.54) is 17.0 Å². The molecule has 0 aliphatic heterocycles. The third-order valence-corrected chi connectivity index (χ3v) is 3.19. The molecule has 0 spiro atoms. The van der Waals surface area contributed by atoms with Gasteiger partial charge in [-0.3, -0.25) is 0 Å². The molecule has 0 fully saturated rings. The van der Waals surface area contributed by atoms with Crippen molar-refractivity contribution in [1.29, 1.82) is 0 Å². The molecule has 0 aliphatic rings. The molecular weight excluding hydrogens is 216 g/mol. The van der Waals surface area contributed by atoms with E-state index in [9.17, 15) is 0 Å². The summed E-state index contributed by atoms with van der Waals surface area (Å²) in [6.07, 6.45) is 2.15. The fourth-order valence-corrected chi connectivity index (χ4v) is 2.10. The number of benzene rings is 1. The molecule has 2 nitrogen and oxygen atoms in total. The van der Waals surface area contributed by atoms with Crippen molar-refractivity contribution in [2.24, 2.45) is 0 Å². The van der Waals surface area contributed by atoms with Crippen LogP contribution in [0.4, 0.5) is 5.69 Å². The fourth-order valence-electron chi connectivity index (χ4n) is 1.64. The van der Waals surface area contributed by atoms with Crippen LogP contribution in [0.2, 0.25) is 0 Å². The van der Waals surface area contributed by atoms with Gasteiger partial charge in [0.25, 0.3) is 0 Å². The van der Waals surface area contributed by atoms with Gasteiger partial charge in [-0.05, 0) is 24.4 Å². The molecule has 0 atom stereocenters. The number of thioether (sulfide) groups is 1. The highest BCUT2D eigenvalue weighted by Gasteiger charge is 2.05. The Morgan fingerprint density at radius 3 is 2.75 bits per heavy atom. The first-order valence-corrected chi connectivity index (χ1v) is 7.17. The Morgan fingerprint density at radius 2 is 2.06 bits per heavy atom. The van der Waals surface area contributed by atoms with E-state index in [1.54, 1.807) is 0 Å². The summed E-state index contributed by atoms with van der Waals surface area (Å²) >= 11 is 1.89. The molecule has 1 aromatic rings. The van der Waals surface area contributed by atoms with Crippen molar-refractivity contribution in [3.05, 3.63) is 29.8 Å². The number of nitrogens with zero attached hydrogens (tertiary/aromatic N) is 1. The summed E-state index contributed by atoms with van der Waals surface area (Å²) in [6, 6.07) is 8.62. The van der Waals surface area contributed by atoms with Crippen molar-refractivity contribution in [1.82, 2.24) is 5.32 Å². The average Bonchev–Trinajstić information content (AvgIpc) is 2.33. The van der Waals surface area contributed by atoms with E-state index >= 15 is 0 Å². The second-order valence-corrected chi connectivity index (χ2v) is 4.81. The zero-order valence-corrected chi connectivity index (χ0v) is 11.3. The Labute approximate surface area is 103 Å². The summed E-state index contributed by atoms with van der Waals surface area (Å²) in [7, 11) is 2.17. The van der Waals surface area contributed by atoms with Crippen LogP contribution in [0.3, 0.4) is 0 Å². The van der Waals surface area contributed by atoms with Gasteiger partial charge in [-0.15, -0.1) is 0 Å². The van der Waals surface area contributed by atoms with Crippen LogP contribution in [0.15, 0.2) is 24.3 Å². The van der Waals surface area contributed by atoms with Crippen molar-refractivity contribution < 1.29 is 0 Å². The number of rotatable bonds is 7. The van der Waals surface area contributed by atoms with E-state index in [1.807, 2.05) is 11.8 Å². The Kier molecular flexibility index (Phi) is 6.34. The highest BCUT2D eigenvalue weighted by atomic mass is 32.2. The van der Waals surface area contributed by atoms with Crippen LogP contribution in [0.1, 0.15) is 12.5 Å². The molecule has 90 valence electrons. The van der Waals surface area contributed by atoms with Crippen LogP contribution in [-0.2, 0) is 6.54 Å². The van der Waals surface area contributed by atoms with E-state index in [-0.39, 0.29) is 0 Å². The molecule has 0 saturated carbocycles. The third-order valence-electron chi connectivity index (χ3n) is 2.60. The Morgan fingerprint density at radius 1 is 1.31 bits per heavy atom. The molecule has 0 unspecified atom stereocenters. The third kappa shape index (κ3) is 4.06. The molecule has 1 rings (SSSR count). The largest absolute Gasteiger partial charge is 0.374 e. The number of nitrogens with one attached hydrogen (secondary N) is 1.